The molecular formula is C28H29FN4O10. The highest BCUT2D eigenvalue weighted by atomic mass is 19.1. The number of allylic oxidation sites excluding steroid dienone is 1. The number of fused-ring (bicyclic) bond motifs is 2. The van der Waals surface area contributed by atoms with Gasteiger partial charge in [-0.1, -0.05) is 0 Å². The number of hydrogen-bond donors (Lipinski definition) is 4. The summed E-state index contributed by atoms with van der Waals surface area (Å²) in [6.07, 6.45) is -0.202. The second kappa shape index (κ2) is 10.4. The predicted molar refractivity (Wildman–Crippen MR) is 142 cm³/mol. The molecule has 1 saturated carbocycles. The van der Waals surface area contributed by atoms with Crippen LogP contribution in [0.15, 0.2) is 21.9 Å². The lowest BCUT2D eigenvalue weighted by molar-refractivity contribution is -0.161. The van der Waals surface area contributed by atoms with Gasteiger partial charge in [0.2, 0.25) is 11.3 Å². The van der Waals surface area contributed by atoms with E-state index in [1.807, 2.05) is 0 Å². The molecule has 2 saturated heterocycles. The number of nitrogens with one attached hydrogen (secondary N) is 1. The summed E-state index contributed by atoms with van der Waals surface area (Å²) < 4.78 is 21.4. The first-order valence-corrected chi connectivity index (χ1v) is 14.0. The Morgan fingerprint density at radius 1 is 1.16 bits per heavy atom. The summed E-state index contributed by atoms with van der Waals surface area (Å²) in [5.41, 5.74) is -1.70. The second-order valence-corrected chi connectivity index (χ2v) is 11.4. The van der Waals surface area contributed by atoms with Crippen molar-refractivity contribution in [1.29, 1.82) is 0 Å². The zero-order valence-corrected chi connectivity index (χ0v) is 23.0. The Labute approximate surface area is 243 Å². The highest BCUT2D eigenvalue weighted by Crippen LogP contribution is 2.44. The first-order chi connectivity index (χ1) is 20.4. The van der Waals surface area contributed by atoms with Gasteiger partial charge in [-0.15, -0.1) is 0 Å². The number of ether oxygens (including phenoxy) is 1. The molecule has 2 amide bonds. The molecule has 0 spiro atoms. The van der Waals surface area contributed by atoms with Crippen LogP contribution in [0.5, 0.6) is 0 Å². The van der Waals surface area contributed by atoms with E-state index in [1.54, 1.807) is 4.57 Å². The molecule has 5 aliphatic rings. The van der Waals surface area contributed by atoms with E-state index in [2.05, 4.69) is 5.32 Å². The van der Waals surface area contributed by atoms with Crippen molar-refractivity contribution in [3.05, 3.63) is 49.8 Å². The molecule has 4 N–H and O–H groups in total. The van der Waals surface area contributed by atoms with Gasteiger partial charge in [0.1, 0.15) is 17.9 Å². The van der Waals surface area contributed by atoms with Crippen LogP contribution in [-0.2, 0) is 25.5 Å². The lowest BCUT2D eigenvalue weighted by Gasteiger charge is -2.44. The lowest BCUT2D eigenvalue weighted by Crippen LogP contribution is -2.61. The van der Waals surface area contributed by atoms with Crippen molar-refractivity contribution < 1.29 is 48.4 Å². The molecule has 0 aromatic carbocycles. The first-order valence-electron chi connectivity index (χ1n) is 14.0. The van der Waals surface area contributed by atoms with Gasteiger partial charge in [0.05, 0.1) is 36.2 Å². The van der Waals surface area contributed by atoms with E-state index in [9.17, 15) is 48.5 Å². The summed E-state index contributed by atoms with van der Waals surface area (Å²) in [4.78, 5) is 78.6. The van der Waals surface area contributed by atoms with E-state index >= 15 is 0 Å². The monoisotopic (exact) mass is 600 g/mol. The number of β-lactam (4-membered cyclic amide) rings is 1. The summed E-state index contributed by atoms with van der Waals surface area (Å²) >= 11 is 0. The largest absolute Gasteiger partial charge is 0.477 e. The molecule has 15 heteroatoms. The molecule has 0 bridgehead atoms. The smallest absolute Gasteiger partial charge is 0.410 e. The molecule has 4 atom stereocenters. The Kier molecular flexibility index (Phi) is 6.96. The average molecular weight is 601 g/mol. The maximum absolute atomic E-state index is 14.2. The summed E-state index contributed by atoms with van der Waals surface area (Å²) in [5.74, 6) is -6.21. The third kappa shape index (κ3) is 4.54. The second-order valence-electron chi connectivity index (χ2n) is 11.4. The van der Waals surface area contributed by atoms with E-state index in [0.29, 0.717) is 19.4 Å². The van der Waals surface area contributed by atoms with Gasteiger partial charge in [-0.3, -0.25) is 19.3 Å². The molecule has 6 rings (SSSR count). The van der Waals surface area contributed by atoms with Gasteiger partial charge in [0.15, 0.2) is 11.6 Å². The van der Waals surface area contributed by atoms with Crippen LogP contribution in [0.3, 0.4) is 0 Å². The number of carboxylic acid groups (broad SMARTS) is 2. The highest BCUT2D eigenvalue weighted by molar-refractivity contribution is 6.02. The Morgan fingerprint density at radius 2 is 1.88 bits per heavy atom. The zero-order valence-electron chi connectivity index (χ0n) is 23.0. The number of aromatic carboxylic acids is 1. The Bertz CT molecular complexity index is 1610. The summed E-state index contributed by atoms with van der Waals surface area (Å²) in [7, 11) is 0. The van der Waals surface area contributed by atoms with Crippen LogP contribution in [0.1, 0.15) is 65.6 Å². The summed E-state index contributed by atoms with van der Waals surface area (Å²) in [6.45, 7) is 1.38. The molecule has 1 aromatic heterocycles. The van der Waals surface area contributed by atoms with E-state index in [4.69, 9.17) is 4.74 Å². The number of Topliss-reactive ketones (excluding diaryl/α,β-unsaturated/α-hetero) is 1. The lowest BCUT2D eigenvalue weighted by atomic mass is 9.83. The van der Waals surface area contributed by atoms with Crippen LogP contribution < -0.4 is 10.7 Å². The van der Waals surface area contributed by atoms with Crippen LogP contribution >= 0.6 is 0 Å². The van der Waals surface area contributed by atoms with E-state index in [0.717, 1.165) is 11.0 Å². The van der Waals surface area contributed by atoms with Gasteiger partial charge >= 0.3 is 18.0 Å². The molecule has 228 valence electrons. The van der Waals surface area contributed by atoms with Gasteiger partial charge < -0.3 is 34.8 Å². The van der Waals surface area contributed by atoms with Crippen LogP contribution in [0, 0.1) is 5.92 Å². The standard InChI is InChI=1S/C28H29FN4O10/c1-11(34)20-17-6-12(22(27(40)41)33(17)25(20)37)10-43-28(42)31-5-4-30-9-18(31)23-21(26(38)39)24(36)14-7-15(29)19(35)8-16(14)32(23)13-2-3-13/h7,11,13,17-18,20,30,34H,2-6,8-10H2,1H3,(H,38,39)(H,40,41)/t11?,17-,18?,20-/m1/s1. The molecule has 4 heterocycles. The minimum Gasteiger partial charge on any atom is -0.477 e. The number of carbonyl (C=O) groups is 5. The Morgan fingerprint density at radius 3 is 2.51 bits per heavy atom. The fourth-order valence-corrected chi connectivity index (χ4v) is 6.72. The number of ketones is 1. The molecule has 3 aliphatic heterocycles. The minimum absolute atomic E-state index is 0.00671. The molecule has 3 fully saturated rings. The maximum atomic E-state index is 14.2. The van der Waals surface area contributed by atoms with Crippen molar-refractivity contribution in [2.24, 2.45) is 5.92 Å². The van der Waals surface area contributed by atoms with Crippen molar-refractivity contribution in [1.82, 2.24) is 19.7 Å². The number of hydrogen-bond acceptors (Lipinski definition) is 9. The molecule has 14 nitrogen and oxygen atoms in total. The molecule has 2 aliphatic carbocycles. The number of aliphatic carboxylic acids is 1. The van der Waals surface area contributed by atoms with Crippen molar-refractivity contribution in [2.75, 3.05) is 26.2 Å². The van der Waals surface area contributed by atoms with Gasteiger partial charge in [-0.05, 0) is 32.3 Å². The van der Waals surface area contributed by atoms with Gasteiger partial charge in [0.25, 0.3) is 0 Å². The number of aliphatic hydroxyl groups is 1. The number of rotatable bonds is 7. The van der Waals surface area contributed by atoms with Crippen LogP contribution in [-0.4, -0.2) is 97.8 Å². The van der Waals surface area contributed by atoms with Crippen molar-refractivity contribution >= 4 is 35.8 Å². The van der Waals surface area contributed by atoms with Crippen LogP contribution in [0.2, 0.25) is 0 Å². The first kappa shape index (κ1) is 28.7. The van der Waals surface area contributed by atoms with Crippen molar-refractivity contribution in [3.63, 3.8) is 0 Å². The predicted octanol–water partition coefficient (Wildman–Crippen LogP) is 0.350. The third-order valence-corrected chi connectivity index (χ3v) is 8.77. The summed E-state index contributed by atoms with van der Waals surface area (Å²) in [5, 5.41) is 33.0. The Balaban J connectivity index is 1.34. The topological polar surface area (TPSA) is 196 Å². The number of nitrogens with zero attached hydrogens (tertiary/aromatic N) is 3. The quantitative estimate of drug-likeness (QED) is 0.315. The van der Waals surface area contributed by atoms with E-state index < -0.39 is 83.7 Å². The van der Waals surface area contributed by atoms with Gasteiger partial charge in [-0.2, -0.15) is 0 Å². The molecule has 0 radical (unpaired) electrons. The van der Waals surface area contributed by atoms with Crippen molar-refractivity contribution in [3.8, 4) is 0 Å². The Hall–Kier alpha value is -4.37. The number of aliphatic hydroxyl groups excluding tert-OH is 1. The molecule has 43 heavy (non-hydrogen) atoms. The number of amides is 2. The number of carboxylic acids is 2. The number of aromatic nitrogens is 1. The molecule has 1 aromatic rings. The summed E-state index contributed by atoms with van der Waals surface area (Å²) in [6, 6.07) is -1.84. The van der Waals surface area contributed by atoms with Crippen LogP contribution in [0.25, 0.3) is 6.08 Å². The van der Waals surface area contributed by atoms with Gasteiger partial charge in [-0.25, -0.2) is 18.8 Å². The SMILES string of the molecule is CC(O)[C@H]1C(=O)N2C(C(=O)O)=C(COC(=O)N3CCNCC3c3c(C(=O)O)c(=O)c4c(n3C3CC3)CC(=O)C(F)=C4)C[C@H]12. The molecular weight excluding hydrogens is 571 g/mol. The third-order valence-electron chi connectivity index (χ3n) is 8.77. The number of carbonyl (C=O) groups excluding carboxylic acids is 3. The number of piperazine rings is 1. The van der Waals surface area contributed by atoms with E-state index in [1.165, 1.54) is 11.8 Å². The average Bonchev–Trinajstić information content (AvgIpc) is 3.73. The van der Waals surface area contributed by atoms with Crippen LogP contribution in [0.4, 0.5) is 9.18 Å². The molecule has 2 unspecified atom stereocenters. The van der Waals surface area contributed by atoms with Gasteiger partial charge in [0, 0.05) is 42.5 Å². The number of pyridine rings is 1. The zero-order chi connectivity index (χ0) is 30.9. The fraction of sp³-hybridized carbons (Fsp3) is 0.500. The number of halogens is 1. The maximum Gasteiger partial charge on any atom is 0.410 e. The minimum atomic E-state index is -1.56. The normalized spacial score (nSPS) is 25.6. The van der Waals surface area contributed by atoms with E-state index in [-0.39, 0.29) is 53.8 Å². The highest BCUT2D eigenvalue weighted by Gasteiger charge is 2.56. The fourth-order valence-electron chi connectivity index (χ4n) is 6.72. The van der Waals surface area contributed by atoms with Crippen molar-refractivity contribution in [2.45, 2.75) is 56.8 Å².